The number of sulfonamides is 1. The van der Waals surface area contributed by atoms with E-state index in [9.17, 15) is 8.42 Å². The third-order valence-electron chi connectivity index (χ3n) is 4.06. The normalized spacial score (nSPS) is 12.4. The van der Waals surface area contributed by atoms with Crippen LogP contribution in [0.15, 0.2) is 83.8 Å². The molecule has 0 amide bonds. The molecule has 0 fully saturated rings. The molecule has 0 spiro atoms. The Kier molecular flexibility index (Phi) is 5.78. The van der Waals surface area contributed by atoms with Crippen LogP contribution in [-0.4, -0.2) is 15.5 Å². The molecule has 3 aromatic rings. The van der Waals surface area contributed by atoms with Crippen LogP contribution in [-0.2, 0) is 10.0 Å². The Hall–Kier alpha value is -2.83. The van der Waals surface area contributed by atoms with Crippen molar-refractivity contribution >= 4 is 10.0 Å². The first-order valence-corrected chi connectivity index (χ1v) is 9.95. The Morgan fingerprint density at radius 3 is 1.93 bits per heavy atom. The van der Waals surface area contributed by atoms with Crippen LogP contribution in [0.4, 0.5) is 0 Å². The molecule has 1 atom stereocenters. The fraction of sp³-hybridized carbons (Fsp3) is 0.143. The highest BCUT2D eigenvalue weighted by molar-refractivity contribution is 7.89. The van der Waals surface area contributed by atoms with Crippen molar-refractivity contribution in [1.29, 1.82) is 0 Å². The molecule has 27 heavy (non-hydrogen) atoms. The van der Waals surface area contributed by atoms with E-state index in [1.165, 1.54) is 12.1 Å². The zero-order valence-electron chi connectivity index (χ0n) is 15.1. The van der Waals surface area contributed by atoms with Crippen molar-refractivity contribution in [2.24, 2.45) is 0 Å². The Balaban J connectivity index is 1.70. The van der Waals surface area contributed by atoms with Gasteiger partial charge in [-0.1, -0.05) is 30.3 Å². The second-order valence-electron chi connectivity index (χ2n) is 6.00. The van der Waals surface area contributed by atoms with Gasteiger partial charge in [0.1, 0.15) is 17.2 Å². The molecule has 3 rings (SSSR count). The minimum absolute atomic E-state index is 0.184. The van der Waals surface area contributed by atoms with Gasteiger partial charge in [0.2, 0.25) is 10.0 Å². The molecule has 1 unspecified atom stereocenters. The number of nitrogens with one attached hydrogen (secondary N) is 1. The lowest BCUT2D eigenvalue weighted by atomic mass is 10.1. The maximum atomic E-state index is 12.6. The first kappa shape index (κ1) is 18.9. The zero-order chi connectivity index (χ0) is 19.3. The number of benzene rings is 3. The van der Waals surface area contributed by atoms with Crippen LogP contribution in [0.3, 0.4) is 0 Å². The minimum atomic E-state index is -3.65. The third-order valence-corrected chi connectivity index (χ3v) is 5.62. The van der Waals surface area contributed by atoms with Gasteiger partial charge in [-0.05, 0) is 61.0 Å². The summed E-state index contributed by atoms with van der Waals surface area (Å²) < 4.78 is 38.8. The van der Waals surface area contributed by atoms with E-state index in [0.717, 1.165) is 11.3 Å². The van der Waals surface area contributed by atoms with E-state index in [4.69, 9.17) is 9.47 Å². The molecule has 0 aliphatic heterocycles. The van der Waals surface area contributed by atoms with Gasteiger partial charge >= 0.3 is 0 Å². The maximum absolute atomic E-state index is 12.6. The monoisotopic (exact) mass is 383 g/mol. The molecule has 0 aliphatic carbocycles. The van der Waals surface area contributed by atoms with Crippen LogP contribution in [0.5, 0.6) is 17.2 Å². The van der Waals surface area contributed by atoms with Crippen LogP contribution >= 0.6 is 0 Å². The molecule has 0 aromatic heterocycles. The minimum Gasteiger partial charge on any atom is -0.497 e. The average molecular weight is 383 g/mol. The number of rotatable bonds is 7. The summed E-state index contributed by atoms with van der Waals surface area (Å²) in [6.07, 6.45) is 0. The number of ether oxygens (including phenoxy) is 2. The smallest absolute Gasteiger partial charge is 0.241 e. The van der Waals surface area contributed by atoms with Crippen LogP contribution < -0.4 is 14.2 Å². The third kappa shape index (κ3) is 4.87. The molecule has 0 saturated carbocycles. The van der Waals surface area contributed by atoms with E-state index in [2.05, 4.69) is 4.72 Å². The summed E-state index contributed by atoms with van der Waals surface area (Å²) in [5, 5.41) is 0. The van der Waals surface area contributed by atoms with Crippen molar-refractivity contribution in [3.05, 3.63) is 84.4 Å². The summed E-state index contributed by atoms with van der Waals surface area (Å²) in [5.41, 5.74) is 0.850. The molecule has 0 aliphatic rings. The van der Waals surface area contributed by atoms with Crippen molar-refractivity contribution < 1.29 is 17.9 Å². The largest absolute Gasteiger partial charge is 0.497 e. The quantitative estimate of drug-likeness (QED) is 0.651. The van der Waals surface area contributed by atoms with Crippen molar-refractivity contribution in [1.82, 2.24) is 4.72 Å². The molecule has 0 heterocycles. The van der Waals surface area contributed by atoms with Gasteiger partial charge < -0.3 is 9.47 Å². The molecule has 0 bridgehead atoms. The first-order chi connectivity index (χ1) is 13.0. The second-order valence-corrected chi connectivity index (χ2v) is 7.72. The predicted octanol–water partition coefficient (Wildman–Crippen LogP) is 4.53. The number of hydrogen-bond donors (Lipinski definition) is 1. The number of hydrogen-bond acceptors (Lipinski definition) is 4. The van der Waals surface area contributed by atoms with Gasteiger partial charge in [0, 0.05) is 6.04 Å². The molecule has 1 N–H and O–H groups in total. The zero-order valence-corrected chi connectivity index (χ0v) is 15.9. The molecule has 6 heteroatoms. The van der Waals surface area contributed by atoms with Crippen LogP contribution in [0.2, 0.25) is 0 Å². The lowest BCUT2D eigenvalue weighted by molar-refractivity contribution is 0.414. The lowest BCUT2D eigenvalue weighted by Crippen LogP contribution is -2.26. The fourth-order valence-corrected chi connectivity index (χ4v) is 3.80. The Morgan fingerprint density at radius 2 is 1.33 bits per heavy atom. The van der Waals surface area contributed by atoms with Crippen molar-refractivity contribution in [3.8, 4) is 17.2 Å². The molecular weight excluding hydrogens is 362 g/mol. The van der Waals surface area contributed by atoms with E-state index in [0.29, 0.717) is 11.5 Å². The Bertz CT molecular complexity index is 969. The topological polar surface area (TPSA) is 64.6 Å². The van der Waals surface area contributed by atoms with Crippen LogP contribution in [0.1, 0.15) is 18.5 Å². The van der Waals surface area contributed by atoms with Gasteiger partial charge in [0.25, 0.3) is 0 Å². The molecule has 140 valence electrons. The molecule has 5 nitrogen and oxygen atoms in total. The van der Waals surface area contributed by atoms with E-state index >= 15 is 0 Å². The molecule has 0 saturated heterocycles. The highest BCUT2D eigenvalue weighted by Gasteiger charge is 2.18. The van der Waals surface area contributed by atoms with E-state index in [1.54, 1.807) is 38.3 Å². The van der Waals surface area contributed by atoms with Gasteiger partial charge in [-0.2, -0.15) is 0 Å². The summed E-state index contributed by atoms with van der Waals surface area (Å²) in [5.74, 6) is 1.99. The molecular formula is C21H21NO4S. The Labute approximate surface area is 159 Å². The van der Waals surface area contributed by atoms with Gasteiger partial charge in [0.05, 0.1) is 12.0 Å². The number of methoxy groups -OCH3 is 1. The molecule has 0 radical (unpaired) electrons. The first-order valence-electron chi connectivity index (χ1n) is 8.47. The fourth-order valence-electron chi connectivity index (χ4n) is 2.57. The summed E-state index contributed by atoms with van der Waals surface area (Å²) in [6, 6.07) is 22.6. The second kappa shape index (κ2) is 8.24. The van der Waals surface area contributed by atoms with E-state index in [-0.39, 0.29) is 10.9 Å². The van der Waals surface area contributed by atoms with Gasteiger partial charge in [-0.3, -0.25) is 0 Å². The lowest BCUT2D eigenvalue weighted by Gasteiger charge is -2.15. The standard InChI is InChI=1S/C21H21NO4S/c1-16(17-8-10-18(25-2)11-9-17)22-27(23,24)21-14-12-20(13-15-21)26-19-6-4-3-5-7-19/h3-16,22H,1-2H3. The SMILES string of the molecule is COc1ccc(C(C)NS(=O)(=O)c2ccc(Oc3ccccc3)cc2)cc1. The highest BCUT2D eigenvalue weighted by Crippen LogP contribution is 2.24. The van der Waals surface area contributed by atoms with Crippen LogP contribution in [0, 0.1) is 0 Å². The predicted molar refractivity (Wildman–Crippen MR) is 105 cm³/mol. The summed E-state index contributed by atoms with van der Waals surface area (Å²) in [4.78, 5) is 0.184. The van der Waals surface area contributed by atoms with Crippen molar-refractivity contribution in [2.45, 2.75) is 17.9 Å². The highest BCUT2D eigenvalue weighted by atomic mass is 32.2. The summed E-state index contributed by atoms with van der Waals surface area (Å²) >= 11 is 0. The summed E-state index contributed by atoms with van der Waals surface area (Å²) in [6.45, 7) is 1.80. The summed E-state index contributed by atoms with van der Waals surface area (Å²) in [7, 11) is -2.06. The van der Waals surface area contributed by atoms with Crippen molar-refractivity contribution in [3.63, 3.8) is 0 Å². The number of para-hydroxylation sites is 1. The van der Waals surface area contributed by atoms with Crippen LogP contribution in [0.25, 0.3) is 0 Å². The van der Waals surface area contributed by atoms with E-state index in [1.807, 2.05) is 42.5 Å². The van der Waals surface area contributed by atoms with Crippen molar-refractivity contribution in [2.75, 3.05) is 7.11 Å². The average Bonchev–Trinajstić information content (AvgIpc) is 2.69. The van der Waals surface area contributed by atoms with Gasteiger partial charge in [-0.25, -0.2) is 13.1 Å². The Morgan fingerprint density at radius 1 is 0.778 bits per heavy atom. The van der Waals surface area contributed by atoms with E-state index < -0.39 is 10.0 Å². The van der Waals surface area contributed by atoms with Gasteiger partial charge in [-0.15, -0.1) is 0 Å². The maximum Gasteiger partial charge on any atom is 0.241 e. The molecule has 3 aromatic carbocycles. The van der Waals surface area contributed by atoms with Gasteiger partial charge in [0.15, 0.2) is 0 Å².